The van der Waals surface area contributed by atoms with Gasteiger partial charge in [0.05, 0.1) is 18.3 Å². The van der Waals surface area contributed by atoms with Gasteiger partial charge in [-0.3, -0.25) is 0 Å². The zero-order valence-electron chi connectivity index (χ0n) is 19.3. The van der Waals surface area contributed by atoms with E-state index in [1.54, 1.807) is 0 Å². The van der Waals surface area contributed by atoms with Gasteiger partial charge in [-0.05, 0) is 107 Å². The lowest BCUT2D eigenvalue weighted by atomic mass is 9.47. The number of aliphatic hydroxyl groups excluding tert-OH is 1. The van der Waals surface area contributed by atoms with Gasteiger partial charge in [0.25, 0.3) is 0 Å². The third kappa shape index (κ3) is 3.85. The molecule has 0 aromatic rings. The number of fused-ring (bicyclic) bond motifs is 5. The van der Waals surface area contributed by atoms with Gasteiger partial charge in [-0.1, -0.05) is 25.0 Å². The zero-order valence-corrected chi connectivity index (χ0v) is 19.3. The standard InChI is InChI=1S/C26H44O3/c1-24(2,28)13-5-6-18-8-10-22-21-9-7-19-16-20(27)11-15-26(19,17-29-4)23(21)12-14-25(18,22)3/h7,18,20-23,27-28H,5-6,8-17H2,1-4H3. The summed E-state index contributed by atoms with van der Waals surface area (Å²) in [6, 6.07) is 0. The van der Waals surface area contributed by atoms with Crippen LogP contribution in [0.15, 0.2) is 11.6 Å². The van der Waals surface area contributed by atoms with E-state index in [0.717, 1.165) is 62.4 Å². The average Bonchev–Trinajstić information content (AvgIpc) is 2.98. The summed E-state index contributed by atoms with van der Waals surface area (Å²) in [6.07, 6.45) is 15.3. The summed E-state index contributed by atoms with van der Waals surface area (Å²) in [5.41, 5.74) is 1.66. The van der Waals surface area contributed by atoms with Crippen molar-refractivity contribution in [3.63, 3.8) is 0 Å². The normalized spacial score (nSPS) is 44.6. The first-order valence-corrected chi connectivity index (χ1v) is 12.3. The van der Waals surface area contributed by atoms with Gasteiger partial charge >= 0.3 is 0 Å². The van der Waals surface area contributed by atoms with E-state index in [9.17, 15) is 10.2 Å². The van der Waals surface area contributed by atoms with Crippen LogP contribution < -0.4 is 0 Å². The number of allylic oxidation sites excluding steroid dienone is 1. The quantitative estimate of drug-likeness (QED) is 0.575. The van der Waals surface area contributed by atoms with Crippen molar-refractivity contribution in [1.29, 1.82) is 0 Å². The molecule has 3 nitrogen and oxygen atoms in total. The van der Waals surface area contributed by atoms with E-state index in [0.29, 0.717) is 5.41 Å². The van der Waals surface area contributed by atoms with Gasteiger partial charge in [-0.15, -0.1) is 0 Å². The maximum atomic E-state index is 10.3. The highest BCUT2D eigenvalue weighted by molar-refractivity contribution is 5.26. The fourth-order valence-corrected chi connectivity index (χ4v) is 8.33. The Kier molecular flexibility index (Phi) is 5.99. The van der Waals surface area contributed by atoms with Gasteiger partial charge in [-0.2, -0.15) is 0 Å². The lowest BCUT2D eigenvalue weighted by molar-refractivity contribution is -0.0816. The molecule has 0 saturated heterocycles. The van der Waals surface area contributed by atoms with Crippen molar-refractivity contribution >= 4 is 0 Å². The molecule has 3 heteroatoms. The Morgan fingerprint density at radius 3 is 2.66 bits per heavy atom. The lowest BCUT2D eigenvalue weighted by Gasteiger charge is -2.59. The lowest BCUT2D eigenvalue weighted by Crippen LogP contribution is -2.53. The Balaban J connectivity index is 1.52. The minimum Gasteiger partial charge on any atom is -0.393 e. The Labute approximate surface area is 178 Å². The molecule has 0 spiro atoms. The third-order valence-electron chi connectivity index (χ3n) is 9.74. The van der Waals surface area contributed by atoms with Gasteiger partial charge in [-0.25, -0.2) is 0 Å². The van der Waals surface area contributed by atoms with Crippen LogP contribution >= 0.6 is 0 Å². The fraction of sp³-hybridized carbons (Fsp3) is 0.923. The van der Waals surface area contributed by atoms with Crippen molar-refractivity contribution in [3.05, 3.63) is 11.6 Å². The molecule has 3 saturated carbocycles. The molecule has 4 rings (SSSR count). The van der Waals surface area contributed by atoms with Crippen LogP contribution in [0.3, 0.4) is 0 Å². The van der Waals surface area contributed by atoms with Crippen LogP contribution in [-0.4, -0.2) is 35.6 Å². The second-order valence-corrected chi connectivity index (χ2v) is 11.9. The molecule has 0 aliphatic heterocycles. The van der Waals surface area contributed by atoms with Gasteiger partial charge in [0.15, 0.2) is 0 Å². The third-order valence-corrected chi connectivity index (χ3v) is 9.74. The summed E-state index contributed by atoms with van der Waals surface area (Å²) in [6.45, 7) is 7.33. The fourth-order valence-electron chi connectivity index (χ4n) is 8.33. The predicted octanol–water partition coefficient (Wildman–Crippen LogP) is 5.49. The smallest absolute Gasteiger partial charge is 0.0591 e. The maximum Gasteiger partial charge on any atom is 0.0591 e. The summed E-state index contributed by atoms with van der Waals surface area (Å²) < 4.78 is 5.82. The van der Waals surface area contributed by atoms with Crippen LogP contribution in [0.2, 0.25) is 0 Å². The molecule has 0 amide bonds. The Morgan fingerprint density at radius 1 is 1.14 bits per heavy atom. The Bertz CT molecular complexity index is 620. The molecular formula is C26H44O3. The second kappa shape index (κ2) is 7.95. The molecule has 0 aromatic heterocycles. The molecule has 166 valence electrons. The summed E-state index contributed by atoms with van der Waals surface area (Å²) >= 11 is 0. The molecule has 0 heterocycles. The highest BCUT2D eigenvalue weighted by atomic mass is 16.5. The van der Waals surface area contributed by atoms with Crippen molar-refractivity contribution < 1.29 is 14.9 Å². The first-order chi connectivity index (χ1) is 13.7. The van der Waals surface area contributed by atoms with Crippen molar-refractivity contribution in [2.24, 2.45) is 34.5 Å². The van der Waals surface area contributed by atoms with E-state index in [1.165, 1.54) is 44.1 Å². The zero-order chi connectivity index (χ0) is 20.9. The summed E-state index contributed by atoms with van der Waals surface area (Å²) in [5, 5.41) is 20.4. The van der Waals surface area contributed by atoms with Crippen LogP contribution in [0.4, 0.5) is 0 Å². The minimum absolute atomic E-state index is 0.150. The summed E-state index contributed by atoms with van der Waals surface area (Å²) in [5.74, 6) is 3.20. The molecule has 0 radical (unpaired) electrons. The number of rotatable bonds is 6. The second-order valence-electron chi connectivity index (χ2n) is 11.9. The van der Waals surface area contributed by atoms with E-state index >= 15 is 0 Å². The molecular weight excluding hydrogens is 360 g/mol. The van der Waals surface area contributed by atoms with Gasteiger partial charge < -0.3 is 14.9 Å². The average molecular weight is 405 g/mol. The monoisotopic (exact) mass is 404 g/mol. The van der Waals surface area contributed by atoms with Crippen LogP contribution in [0.25, 0.3) is 0 Å². The molecule has 3 fully saturated rings. The molecule has 2 N–H and O–H groups in total. The molecule has 4 aliphatic rings. The van der Waals surface area contributed by atoms with Crippen LogP contribution in [0.1, 0.15) is 91.4 Å². The molecule has 0 aromatic carbocycles. The molecule has 0 bridgehead atoms. The Hall–Kier alpha value is -0.380. The number of ether oxygens (including phenoxy) is 1. The van der Waals surface area contributed by atoms with Crippen LogP contribution in [-0.2, 0) is 4.74 Å². The molecule has 29 heavy (non-hydrogen) atoms. The molecule has 7 atom stereocenters. The van der Waals surface area contributed by atoms with Crippen molar-refractivity contribution in [2.45, 2.75) is 103 Å². The van der Waals surface area contributed by atoms with Crippen molar-refractivity contribution in [1.82, 2.24) is 0 Å². The topological polar surface area (TPSA) is 49.7 Å². The van der Waals surface area contributed by atoms with E-state index in [1.807, 2.05) is 21.0 Å². The largest absolute Gasteiger partial charge is 0.393 e. The maximum absolute atomic E-state index is 10.3. The number of aliphatic hydroxyl groups is 2. The van der Waals surface area contributed by atoms with Crippen molar-refractivity contribution in [2.75, 3.05) is 13.7 Å². The highest BCUT2D eigenvalue weighted by Crippen LogP contribution is 2.66. The minimum atomic E-state index is -0.529. The first-order valence-electron chi connectivity index (χ1n) is 12.3. The first kappa shape index (κ1) is 21.8. The van der Waals surface area contributed by atoms with E-state index in [4.69, 9.17) is 4.74 Å². The number of hydrogen-bond acceptors (Lipinski definition) is 3. The number of hydrogen-bond donors (Lipinski definition) is 2. The summed E-state index contributed by atoms with van der Waals surface area (Å²) in [4.78, 5) is 0. The number of methoxy groups -OCH3 is 1. The highest BCUT2D eigenvalue weighted by Gasteiger charge is 2.59. The van der Waals surface area contributed by atoms with E-state index in [-0.39, 0.29) is 11.5 Å². The summed E-state index contributed by atoms with van der Waals surface area (Å²) in [7, 11) is 1.86. The van der Waals surface area contributed by atoms with E-state index in [2.05, 4.69) is 13.0 Å². The van der Waals surface area contributed by atoms with Gasteiger partial charge in [0.2, 0.25) is 0 Å². The van der Waals surface area contributed by atoms with Gasteiger partial charge in [0, 0.05) is 12.5 Å². The SMILES string of the molecule is COCC12CCC(O)CC1=CCC1C2CCC2(C)C(CCCC(C)(C)O)CCC12. The molecule has 7 unspecified atom stereocenters. The van der Waals surface area contributed by atoms with Gasteiger partial charge in [0.1, 0.15) is 0 Å². The molecule has 4 aliphatic carbocycles. The van der Waals surface area contributed by atoms with Crippen LogP contribution in [0.5, 0.6) is 0 Å². The van der Waals surface area contributed by atoms with E-state index < -0.39 is 5.60 Å². The predicted molar refractivity (Wildman–Crippen MR) is 118 cm³/mol. The van der Waals surface area contributed by atoms with Crippen LogP contribution in [0, 0.1) is 34.5 Å². The van der Waals surface area contributed by atoms with Crippen molar-refractivity contribution in [3.8, 4) is 0 Å². The Morgan fingerprint density at radius 2 is 1.93 bits per heavy atom.